The minimum absolute atomic E-state index is 0.0780. The van der Waals surface area contributed by atoms with Crippen LogP contribution in [0.5, 0.6) is 5.88 Å². The van der Waals surface area contributed by atoms with Crippen molar-refractivity contribution in [3.8, 4) is 17.0 Å². The van der Waals surface area contributed by atoms with Crippen molar-refractivity contribution in [3.05, 3.63) is 53.2 Å². The molecule has 3 aromatic heterocycles. The van der Waals surface area contributed by atoms with Crippen LogP contribution < -0.4 is 10.4 Å². The van der Waals surface area contributed by atoms with E-state index in [0.717, 1.165) is 20.6 Å². The number of hydrogen-bond acceptors (Lipinski definition) is 5. The molecule has 166 valence electrons. The van der Waals surface area contributed by atoms with Crippen molar-refractivity contribution >= 4 is 21.9 Å². The summed E-state index contributed by atoms with van der Waals surface area (Å²) in [5, 5.41) is 0.544. The molecule has 7 nitrogen and oxygen atoms in total. The smallest absolute Gasteiger partial charge is 0.329 e. The molecule has 0 aliphatic carbocycles. The highest BCUT2D eigenvalue weighted by Gasteiger charge is 2.46. The number of imidazole rings is 1. The molecule has 0 N–H and O–H groups in total. The van der Waals surface area contributed by atoms with E-state index in [4.69, 9.17) is 8.85 Å². The van der Waals surface area contributed by atoms with Crippen LogP contribution in [0.25, 0.3) is 33.1 Å². The van der Waals surface area contributed by atoms with Crippen molar-refractivity contribution in [2.45, 2.75) is 18.4 Å². The zero-order chi connectivity index (χ0) is 25.1. The second-order valence-electron chi connectivity index (χ2n) is 8.01. The molecule has 0 radical (unpaired) electrons. The first-order valence-corrected chi connectivity index (χ1v) is 10.1. The van der Waals surface area contributed by atoms with Gasteiger partial charge in [0.2, 0.25) is 5.88 Å². The molecular weight excluding hydrogens is 416 g/mol. The molecule has 5 rings (SSSR count). The Morgan fingerprint density at radius 3 is 2.69 bits per heavy atom. The van der Waals surface area contributed by atoms with Crippen LogP contribution in [0.1, 0.15) is 16.6 Å². The van der Waals surface area contributed by atoms with E-state index in [1.165, 1.54) is 24.9 Å². The highest BCUT2D eigenvalue weighted by atomic mass is 19.3. The van der Waals surface area contributed by atoms with Crippen LogP contribution in [0.3, 0.4) is 0 Å². The first-order valence-electron chi connectivity index (χ1n) is 11.6. The number of pyridine rings is 2. The van der Waals surface area contributed by atoms with Crippen LogP contribution in [0.15, 0.2) is 47.5 Å². The van der Waals surface area contributed by atoms with Crippen LogP contribution in [-0.4, -0.2) is 57.1 Å². The minimum atomic E-state index is -3.43. The molecule has 4 heterocycles. The van der Waals surface area contributed by atoms with E-state index in [9.17, 15) is 4.79 Å². The molecule has 0 unspecified atom stereocenters. The van der Waals surface area contributed by atoms with Crippen LogP contribution in [0.2, 0.25) is 0 Å². The quantitative estimate of drug-likeness (QED) is 0.486. The molecule has 0 amide bonds. The van der Waals surface area contributed by atoms with Crippen molar-refractivity contribution in [3.63, 3.8) is 0 Å². The number of rotatable bonds is 3. The lowest BCUT2D eigenvalue weighted by molar-refractivity contribution is -0.0977. The number of aromatic nitrogens is 4. The average molecular weight is 442 g/mol. The summed E-state index contributed by atoms with van der Waals surface area (Å²) in [5.41, 5.74) is 2.27. The van der Waals surface area contributed by atoms with E-state index in [2.05, 4.69) is 9.97 Å². The Hall–Kier alpha value is -3.33. The largest absolute Gasteiger partial charge is 0.481 e. The summed E-state index contributed by atoms with van der Waals surface area (Å²) in [6.45, 7) is -3.66. The van der Waals surface area contributed by atoms with Gasteiger partial charge in [0.15, 0.2) is 0 Å². The molecule has 1 saturated heterocycles. The van der Waals surface area contributed by atoms with Crippen LogP contribution in [-0.2, 0) is 7.05 Å². The summed E-state index contributed by atoms with van der Waals surface area (Å²) >= 11 is 0. The second-order valence-corrected chi connectivity index (χ2v) is 8.01. The van der Waals surface area contributed by atoms with E-state index in [1.807, 2.05) is 12.1 Å². The van der Waals surface area contributed by atoms with E-state index < -0.39 is 31.2 Å². The fourth-order valence-corrected chi connectivity index (χ4v) is 4.41. The molecule has 1 aliphatic heterocycles. The number of benzene rings is 1. The number of nitrogens with zero attached hydrogens (tertiary/aromatic N) is 5. The van der Waals surface area contributed by atoms with E-state index in [0.29, 0.717) is 27.8 Å². The summed E-state index contributed by atoms with van der Waals surface area (Å²) in [4.78, 5) is 22.7. The van der Waals surface area contributed by atoms with Crippen LogP contribution in [0, 0.1) is 0 Å². The minimum Gasteiger partial charge on any atom is -0.481 e. The monoisotopic (exact) mass is 442 g/mol. The van der Waals surface area contributed by atoms with Crippen molar-refractivity contribution < 1.29 is 17.6 Å². The predicted octanol–water partition coefficient (Wildman–Crippen LogP) is 3.47. The van der Waals surface area contributed by atoms with Crippen molar-refractivity contribution in [2.75, 3.05) is 27.2 Å². The Kier molecular flexibility index (Phi) is 3.97. The summed E-state index contributed by atoms with van der Waals surface area (Å²) < 4.78 is 60.8. The van der Waals surface area contributed by atoms with Gasteiger partial charge in [0.1, 0.15) is 6.04 Å². The zero-order valence-electron chi connectivity index (χ0n) is 20.5. The predicted molar refractivity (Wildman–Crippen MR) is 118 cm³/mol. The van der Waals surface area contributed by atoms with Gasteiger partial charge in [-0.05, 0) is 37.2 Å². The normalized spacial score (nSPS) is 20.8. The summed E-state index contributed by atoms with van der Waals surface area (Å²) in [5.74, 6) is -2.97. The average Bonchev–Trinajstić information content (AvgIpc) is 3.08. The number of methoxy groups -OCH3 is 1. The molecule has 1 aromatic carbocycles. The number of likely N-dealkylation sites (tertiary alicyclic amines) is 1. The molecule has 1 atom stereocenters. The molecule has 1 fully saturated rings. The van der Waals surface area contributed by atoms with E-state index in [-0.39, 0.29) is 13.0 Å². The van der Waals surface area contributed by atoms with Gasteiger partial charge in [-0.1, -0.05) is 6.07 Å². The van der Waals surface area contributed by atoms with Gasteiger partial charge in [-0.25, -0.2) is 18.6 Å². The number of alkyl halides is 2. The van der Waals surface area contributed by atoms with Gasteiger partial charge in [0, 0.05) is 40.9 Å². The Labute approximate surface area is 187 Å². The van der Waals surface area contributed by atoms with Gasteiger partial charge in [0.25, 0.3) is 5.92 Å². The Morgan fingerprint density at radius 1 is 1.19 bits per heavy atom. The first kappa shape index (κ1) is 17.3. The Balaban J connectivity index is 1.70. The van der Waals surface area contributed by atoms with Gasteiger partial charge < -0.3 is 9.64 Å². The van der Waals surface area contributed by atoms with E-state index >= 15 is 8.78 Å². The number of fused-ring (bicyclic) bond motifs is 3. The summed E-state index contributed by atoms with van der Waals surface area (Å²) in [6, 6.07) is 7.48. The van der Waals surface area contributed by atoms with Crippen molar-refractivity contribution in [1.82, 2.24) is 24.0 Å². The van der Waals surface area contributed by atoms with Gasteiger partial charge in [0.05, 0.1) is 36.4 Å². The molecular formula is C23H23F2N5O2. The maximum Gasteiger partial charge on any atom is 0.329 e. The van der Waals surface area contributed by atoms with Crippen LogP contribution >= 0.6 is 0 Å². The standard InChI is InChI=1S/C23H23F2N5O2/c1-28-9-8-19(23(24,25)13-28)30-21-16-10-14(15-5-7-20(32-3)27-11-15)4-6-17(16)26-12-18(21)29(2)22(30)31/h4-7,10-12,19H,8-9,13H2,1-3H3/t19-/m0/s1/i1D3. The SMILES string of the molecule is [2H]C([2H])([2H])N1CC[C@H](n2c(=O)n(C)c3cnc4ccc(-c5ccc(OC)nc5)cc4c32)C(F)(F)C1. The highest BCUT2D eigenvalue weighted by molar-refractivity contribution is 6.04. The molecule has 1 aliphatic rings. The molecule has 9 heteroatoms. The maximum absolute atomic E-state index is 15.4. The van der Waals surface area contributed by atoms with Gasteiger partial charge >= 0.3 is 5.69 Å². The van der Waals surface area contributed by atoms with Gasteiger partial charge in [-0.2, -0.15) is 0 Å². The molecule has 0 bridgehead atoms. The zero-order valence-corrected chi connectivity index (χ0v) is 17.5. The lowest BCUT2D eigenvalue weighted by atomic mass is 10.00. The molecule has 0 spiro atoms. The number of aryl methyl sites for hydroxylation is 1. The molecule has 0 saturated carbocycles. The number of hydrogen-bond donors (Lipinski definition) is 0. The molecule has 4 aromatic rings. The van der Waals surface area contributed by atoms with E-state index in [1.54, 1.807) is 24.4 Å². The summed E-state index contributed by atoms with van der Waals surface area (Å²) in [6.07, 6.45) is 2.96. The Morgan fingerprint density at radius 2 is 2.00 bits per heavy atom. The third-order valence-corrected chi connectivity index (χ3v) is 6.07. The second kappa shape index (κ2) is 7.37. The fraction of sp³-hybridized carbons (Fsp3) is 0.348. The lowest BCUT2D eigenvalue weighted by Gasteiger charge is -2.37. The molecule has 32 heavy (non-hydrogen) atoms. The third-order valence-electron chi connectivity index (χ3n) is 6.07. The first-order chi connectivity index (χ1) is 16.5. The van der Waals surface area contributed by atoms with Crippen LogP contribution in [0.4, 0.5) is 8.78 Å². The third kappa shape index (κ3) is 3.15. The number of halogens is 2. The fourth-order valence-electron chi connectivity index (χ4n) is 4.41. The van der Waals surface area contributed by atoms with Crippen molar-refractivity contribution in [1.29, 1.82) is 0 Å². The maximum atomic E-state index is 15.4. The summed E-state index contributed by atoms with van der Waals surface area (Å²) in [7, 11) is 3.04. The number of ether oxygens (including phenoxy) is 1. The van der Waals surface area contributed by atoms with Crippen molar-refractivity contribution in [2.24, 2.45) is 7.05 Å². The van der Waals surface area contributed by atoms with Gasteiger partial charge in [-0.15, -0.1) is 0 Å². The lowest BCUT2D eigenvalue weighted by Crippen LogP contribution is -2.49. The topological polar surface area (TPSA) is 65.2 Å². The Bertz CT molecular complexity index is 1480. The number of piperidine rings is 1. The highest BCUT2D eigenvalue weighted by Crippen LogP contribution is 2.39. The van der Waals surface area contributed by atoms with Gasteiger partial charge in [-0.3, -0.25) is 14.1 Å².